The predicted molar refractivity (Wildman–Crippen MR) is 117 cm³/mol. The number of rotatable bonds is 6. The first-order chi connectivity index (χ1) is 15.7. The van der Waals surface area contributed by atoms with Gasteiger partial charge in [0.05, 0.1) is 17.8 Å². The van der Waals surface area contributed by atoms with E-state index >= 15 is 0 Å². The number of hydrogen-bond acceptors (Lipinski definition) is 5. The molecule has 0 aliphatic carbocycles. The summed E-state index contributed by atoms with van der Waals surface area (Å²) < 4.78 is 29.2. The van der Waals surface area contributed by atoms with Crippen molar-refractivity contribution >= 4 is 23.4 Å². The molecule has 0 saturated carbocycles. The SMILES string of the molecule is CCN[C@H]1C[C@@H]2CN(CC)C(=O)c3c(O)c(=O)c(C(=O)NCc4ccc(F)c(Cl)c4F)c1n32. The molecule has 2 aliphatic rings. The van der Waals surface area contributed by atoms with Crippen LogP contribution in [-0.2, 0) is 6.54 Å². The third-order valence-corrected chi connectivity index (χ3v) is 6.51. The molecule has 33 heavy (non-hydrogen) atoms. The molecule has 1 aromatic carbocycles. The van der Waals surface area contributed by atoms with Crippen molar-refractivity contribution in [2.45, 2.75) is 38.9 Å². The van der Waals surface area contributed by atoms with Crippen molar-refractivity contribution < 1.29 is 23.5 Å². The van der Waals surface area contributed by atoms with Crippen LogP contribution in [0.25, 0.3) is 0 Å². The molecule has 0 spiro atoms. The van der Waals surface area contributed by atoms with Crippen LogP contribution in [0.1, 0.15) is 64.5 Å². The van der Waals surface area contributed by atoms with Crippen LogP contribution in [-0.4, -0.2) is 46.0 Å². The Balaban J connectivity index is 1.78. The van der Waals surface area contributed by atoms with Gasteiger partial charge in [0.2, 0.25) is 5.43 Å². The molecule has 0 unspecified atom stereocenters. The minimum atomic E-state index is -1.01. The normalized spacial score (nSPS) is 19.1. The molecule has 4 rings (SSSR count). The first-order valence-electron chi connectivity index (χ1n) is 10.7. The molecule has 3 N–H and O–H groups in total. The van der Waals surface area contributed by atoms with Crippen LogP contribution in [0.4, 0.5) is 8.78 Å². The van der Waals surface area contributed by atoms with Crippen LogP contribution in [0.2, 0.25) is 5.02 Å². The van der Waals surface area contributed by atoms with Gasteiger partial charge in [-0.05, 0) is 26.0 Å². The summed E-state index contributed by atoms with van der Waals surface area (Å²) in [6.45, 7) is 4.68. The van der Waals surface area contributed by atoms with Crippen molar-refractivity contribution in [3.63, 3.8) is 0 Å². The number of nitrogens with one attached hydrogen (secondary N) is 2. The number of likely N-dealkylation sites (N-methyl/N-ethyl adjacent to an activating group) is 1. The predicted octanol–water partition coefficient (Wildman–Crippen LogP) is 2.49. The smallest absolute Gasteiger partial charge is 0.274 e. The molecule has 0 fully saturated rings. The van der Waals surface area contributed by atoms with E-state index in [0.717, 1.165) is 12.1 Å². The van der Waals surface area contributed by atoms with Crippen LogP contribution in [0.3, 0.4) is 0 Å². The van der Waals surface area contributed by atoms with E-state index < -0.39 is 45.7 Å². The number of hydrogen-bond donors (Lipinski definition) is 3. The number of aromatic hydroxyl groups is 1. The highest BCUT2D eigenvalue weighted by molar-refractivity contribution is 6.30. The highest BCUT2D eigenvalue weighted by atomic mass is 35.5. The van der Waals surface area contributed by atoms with Gasteiger partial charge in [-0.2, -0.15) is 0 Å². The largest absolute Gasteiger partial charge is 0.503 e. The quantitative estimate of drug-likeness (QED) is 0.551. The minimum absolute atomic E-state index is 0.0664. The standard InChI is InChI=1S/C22H23ClF2N4O4/c1-3-26-13-7-11-9-28(4-2)22(33)18-20(31)19(30)14(17(13)29(11)18)21(32)27-8-10-5-6-12(24)15(23)16(10)25/h5-6,11,13,26,31H,3-4,7-9H2,1-2H3,(H,27,32)/t11-,13+/m1/s1. The maximum absolute atomic E-state index is 14.2. The summed E-state index contributed by atoms with van der Waals surface area (Å²) in [5, 5.41) is 15.6. The Morgan fingerprint density at radius 2 is 2.00 bits per heavy atom. The molecule has 0 saturated heterocycles. The van der Waals surface area contributed by atoms with Crippen LogP contribution in [0, 0.1) is 11.6 Å². The van der Waals surface area contributed by atoms with Crippen molar-refractivity contribution in [3.8, 4) is 5.75 Å². The molecule has 2 atom stereocenters. The molecule has 2 aliphatic heterocycles. The molecule has 3 heterocycles. The summed E-state index contributed by atoms with van der Waals surface area (Å²) >= 11 is 5.59. The third-order valence-electron chi connectivity index (χ3n) is 6.16. The zero-order valence-electron chi connectivity index (χ0n) is 18.0. The maximum Gasteiger partial charge on any atom is 0.274 e. The number of benzene rings is 1. The van der Waals surface area contributed by atoms with E-state index in [2.05, 4.69) is 10.6 Å². The van der Waals surface area contributed by atoms with Gasteiger partial charge < -0.3 is 25.2 Å². The molecule has 1 aromatic heterocycles. The number of pyridine rings is 1. The number of nitrogens with zero attached hydrogens (tertiary/aromatic N) is 2. The average Bonchev–Trinajstić information content (AvgIpc) is 3.13. The lowest BCUT2D eigenvalue weighted by Crippen LogP contribution is -2.44. The van der Waals surface area contributed by atoms with E-state index in [9.17, 15) is 28.3 Å². The second kappa shape index (κ2) is 8.75. The van der Waals surface area contributed by atoms with Crippen molar-refractivity contribution in [2.24, 2.45) is 0 Å². The fraction of sp³-hybridized carbons (Fsp3) is 0.409. The summed E-state index contributed by atoms with van der Waals surface area (Å²) in [5.41, 5.74) is -1.15. The van der Waals surface area contributed by atoms with Gasteiger partial charge >= 0.3 is 0 Å². The number of carbonyl (C=O) groups is 2. The van der Waals surface area contributed by atoms with Crippen LogP contribution >= 0.6 is 11.6 Å². The summed E-state index contributed by atoms with van der Waals surface area (Å²) in [4.78, 5) is 40.6. The molecule has 176 valence electrons. The zero-order chi connectivity index (χ0) is 24.0. The van der Waals surface area contributed by atoms with Gasteiger partial charge in [0.15, 0.2) is 11.4 Å². The molecule has 8 nitrogen and oxygen atoms in total. The molecular weight excluding hydrogens is 458 g/mol. The summed E-state index contributed by atoms with van der Waals surface area (Å²) in [6, 6.07) is 1.50. The van der Waals surface area contributed by atoms with Gasteiger partial charge in [0.25, 0.3) is 11.8 Å². The fourth-order valence-electron chi connectivity index (χ4n) is 4.64. The second-order valence-corrected chi connectivity index (χ2v) is 8.40. The second-order valence-electron chi connectivity index (χ2n) is 8.02. The first kappa shape index (κ1) is 23.2. The fourth-order valence-corrected chi connectivity index (χ4v) is 4.82. The van der Waals surface area contributed by atoms with Gasteiger partial charge in [0, 0.05) is 25.2 Å². The van der Waals surface area contributed by atoms with Crippen molar-refractivity contribution in [2.75, 3.05) is 19.6 Å². The topological polar surface area (TPSA) is 104 Å². The molecule has 0 radical (unpaired) electrons. The van der Waals surface area contributed by atoms with Crippen molar-refractivity contribution in [1.29, 1.82) is 0 Å². The summed E-state index contributed by atoms with van der Waals surface area (Å²) in [7, 11) is 0. The highest BCUT2D eigenvalue weighted by Crippen LogP contribution is 2.42. The lowest BCUT2D eigenvalue weighted by Gasteiger charge is -2.33. The molecule has 11 heteroatoms. The average molecular weight is 481 g/mol. The van der Waals surface area contributed by atoms with E-state index in [4.69, 9.17) is 11.6 Å². The van der Waals surface area contributed by atoms with Gasteiger partial charge in [-0.1, -0.05) is 24.6 Å². The van der Waals surface area contributed by atoms with Crippen molar-refractivity contribution in [3.05, 3.63) is 61.5 Å². The van der Waals surface area contributed by atoms with Gasteiger partial charge in [-0.3, -0.25) is 14.4 Å². The van der Waals surface area contributed by atoms with E-state index in [1.54, 1.807) is 9.47 Å². The third kappa shape index (κ3) is 3.67. The summed E-state index contributed by atoms with van der Waals surface area (Å²) in [6.07, 6.45) is 0.524. The Morgan fingerprint density at radius 1 is 1.27 bits per heavy atom. The van der Waals surface area contributed by atoms with E-state index in [-0.39, 0.29) is 29.4 Å². The number of carbonyl (C=O) groups excluding carboxylic acids is 2. The Kier molecular flexibility index (Phi) is 6.15. The van der Waals surface area contributed by atoms with Gasteiger partial charge in [-0.15, -0.1) is 0 Å². The van der Waals surface area contributed by atoms with Gasteiger partial charge in [0.1, 0.15) is 22.2 Å². The van der Waals surface area contributed by atoms with Gasteiger partial charge in [-0.25, -0.2) is 8.78 Å². The highest BCUT2D eigenvalue weighted by Gasteiger charge is 2.44. The Bertz CT molecular complexity index is 1220. The van der Waals surface area contributed by atoms with E-state index in [0.29, 0.717) is 31.7 Å². The lowest BCUT2D eigenvalue weighted by atomic mass is 10.0. The maximum atomic E-state index is 14.2. The molecule has 0 bridgehead atoms. The number of amides is 2. The van der Waals surface area contributed by atoms with Crippen molar-refractivity contribution in [1.82, 2.24) is 20.1 Å². The number of aromatic nitrogens is 1. The molecule has 2 amide bonds. The Labute approximate surface area is 193 Å². The lowest BCUT2D eigenvalue weighted by molar-refractivity contribution is 0.0675. The Morgan fingerprint density at radius 3 is 2.67 bits per heavy atom. The molecule has 2 aromatic rings. The van der Waals surface area contributed by atoms with E-state index in [1.807, 2.05) is 13.8 Å². The molecular formula is C22H23ClF2N4O4. The van der Waals surface area contributed by atoms with Crippen LogP contribution in [0.15, 0.2) is 16.9 Å². The monoisotopic (exact) mass is 480 g/mol. The number of halogens is 3. The van der Waals surface area contributed by atoms with Crippen LogP contribution in [0.5, 0.6) is 5.75 Å². The summed E-state index contributed by atoms with van der Waals surface area (Å²) in [5.74, 6) is -4.04. The Hall–Kier alpha value is -2.98. The van der Waals surface area contributed by atoms with Crippen LogP contribution < -0.4 is 16.1 Å². The minimum Gasteiger partial charge on any atom is -0.503 e. The van der Waals surface area contributed by atoms with E-state index in [1.165, 1.54) is 0 Å². The first-order valence-corrected chi connectivity index (χ1v) is 11.0. The zero-order valence-corrected chi connectivity index (χ0v) is 18.8.